The van der Waals surface area contributed by atoms with Crippen LogP contribution >= 0.6 is 0 Å². The van der Waals surface area contributed by atoms with Crippen LogP contribution in [0, 0.1) is 0 Å². The van der Waals surface area contributed by atoms with Crippen LogP contribution in [0.5, 0.6) is 0 Å². The molecule has 0 saturated carbocycles. The van der Waals surface area contributed by atoms with Crippen LogP contribution in [0.1, 0.15) is 296 Å². The average Bonchev–Trinajstić information content (AvgIpc) is 3.44. The fourth-order valence-corrected chi connectivity index (χ4v) is 9.48. The first kappa shape index (κ1) is 77.5. The monoisotopic (exact) mass is 1130 g/mol. The summed E-state index contributed by atoms with van der Waals surface area (Å²) in [6.07, 6.45) is 81.3. The van der Waals surface area contributed by atoms with E-state index in [0.29, 0.717) is 23.9 Å². The number of carbonyl (C=O) groups excluding carboxylic acids is 2. The normalized spacial score (nSPS) is 13.2. The minimum absolute atomic E-state index is 0.181. The van der Waals surface area contributed by atoms with Crippen molar-refractivity contribution >= 4 is 17.9 Å². The molecule has 9 heteroatoms. The third kappa shape index (κ3) is 63.9. The van der Waals surface area contributed by atoms with Crippen molar-refractivity contribution in [3.8, 4) is 0 Å². The maximum Gasteiger partial charge on any atom is 0.361 e. The second kappa shape index (κ2) is 62.5. The number of carboxylic acids is 1. The molecule has 0 aromatic carbocycles. The maximum absolute atomic E-state index is 12.9. The lowest BCUT2D eigenvalue weighted by atomic mass is 10.0. The summed E-state index contributed by atoms with van der Waals surface area (Å²) in [5.74, 6) is -2.02. The summed E-state index contributed by atoms with van der Waals surface area (Å²) in [7, 11) is 5.97. The topological polar surface area (TPSA) is 108 Å². The van der Waals surface area contributed by atoms with Gasteiger partial charge in [0.1, 0.15) is 13.2 Å². The summed E-state index contributed by atoms with van der Waals surface area (Å²) in [5.41, 5.74) is 0. The lowest BCUT2D eigenvalue weighted by Crippen LogP contribution is -2.40. The number of rotatable bonds is 62. The van der Waals surface area contributed by atoms with Crippen LogP contribution in [0.3, 0.4) is 0 Å². The van der Waals surface area contributed by atoms with E-state index in [4.69, 9.17) is 18.9 Å². The summed E-state index contributed by atoms with van der Waals surface area (Å²) >= 11 is 0. The molecular formula is C72H128NO8+. The van der Waals surface area contributed by atoms with Crippen molar-refractivity contribution < 1.29 is 42.9 Å². The summed E-state index contributed by atoms with van der Waals surface area (Å²) in [5, 5.41) is 9.73. The number of carbonyl (C=O) groups is 3. The van der Waals surface area contributed by atoms with Gasteiger partial charge in [-0.05, 0) is 89.9 Å². The van der Waals surface area contributed by atoms with Crippen LogP contribution in [-0.4, -0.2) is 87.4 Å². The van der Waals surface area contributed by atoms with E-state index in [1.165, 1.54) is 173 Å². The van der Waals surface area contributed by atoms with Crippen LogP contribution in [0.25, 0.3) is 0 Å². The quantitative estimate of drug-likeness (QED) is 0.0211. The summed E-state index contributed by atoms with van der Waals surface area (Å²) in [6, 6.07) is 0. The zero-order valence-corrected chi connectivity index (χ0v) is 53.4. The smallest absolute Gasteiger partial charge is 0.361 e. The molecule has 468 valence electrons. The van der Waals surface area contributed by atoms with Crippen LogP contribution in [0.4, 0.5) is 0 Å². The van der Waals surface area contributed by atoms with Crippen LogP contribution in [0.15, 0.2) is 85.1 Å². The number of unbranched alkanes of at least 4 members (excludes halogenated alkanes) is 33. The van der Waals surface area contributed by atoms with E-state index in [1.807, 2.05) is 21.1 Å². The van der Waals surface area contributed by atoms with Crippen molar-refractivity contribution in [2.75, 3.05) is 47.5 Å². The van der Waals surface area contributed by atoms with Gasteiger partial charge in [-0.1, -0.05) is 279 Å². The van der Waals surface area contributed by atoms with Gasteiger partial charge in [-0.2, -0.15) is 0 Å². The van der Waals surface area contributed by atoms with Gasteiger partial charge < -0.3 is 28.5 Å². The number of carboxylic acid groups (broad SMARTS) is 1. The van der Waals surface area contributed by atoms with Gasteiger partial charge in [0, 0.05) is 12.8 Å². The van der Waals surface area contributed by atoms with E-state index in [2.05, 4.69) is 98.9 Å². The van der Waals surface area contributed by atoms with Crippen molar-refractivity contribution in [2.24, 2.45) is 0 Å². The first-order valence-corrected chi connectivity index (χ1v) is 33.8. The van der Waals surface area contributed by atoms with Crippen molar-refractivity contribution in [3.05, 3.63) is 85.1 Å². The number of likely N-dealkylation sites (N-methyl/N-ethyl adjacent to an activating group) is 1. The van der Waals surface area contributed by atoms with Gasteiger partial charge in [0.2, 0.25) is 0 Å². The van der Waals surface area contributed by atoms with E-state index < -0.39 is 24.3 Å². The molecule has 0 aliphatic rings. The third-order valence-electron chi connectivity index (χ3n) is 14.6. The predicted molar refractivity (Wildman–Crippen MR) is 346 cm³/mol. The summed E-state index contributed by atoms with van der Waals surface area (Å²) in [6.45, 7) is 4.75. The van der Waals surface area contributed by atoms with Gasteiger partial charge in [0.15, 0.2) is 6.10 Å². The zero-order chi connectivity index (χ0) is 59.1. The third-order valence-corrected chi connectivity index (χ3v) is 14.6. The first-order valence-electron chi connectivity index (χ1n) is 33.8. The number of hydrogen-bond donors (Lipinski definition) is 1. The molecule has 0 fully saturated rings. The molecular weight excluding hydrogens is 1010 g/mol. The van der Waals surface area contributed by atoms with Crippen LogP contribution in [0.2, 0.25) is 0 Å². The Morgan fingerprint density at radius 2 is 0.704 bits per heavy atom. The van der Waals surface area contributed by atoms with Gasteiger partial charge in [0.25, 0.3) is 6.29 Å². The minimum atomic E-state index is -1.52. The molecule has 0 aliphatic carbocycles. The van der Waals surface area contributed by atoms with E-state index in [9.17, 15) is 19.5 Å². The lowest BCUT2D eigenvalue weighted by molar-refractivity contribution is -0.870. The molecule has 0 aliphatic heterocycles. The van der Waals surface area contributed by atoms with Crippen LogP contribution < -0.4 is 0 Å². The Kier molecular flexibility index (Phi) is 59.8. The fraction of sp³-hybridized carbons (Fsp3) is 0.764. The molecule has 81 heavy (non-hydrogen) atoms. The van der Waals surface area contributed by atoms with Crippen LogP contribution in [-0.2, 0) is 33.3 Å². The highest BCUT2D eigenvalue weighted by atomic mass is 16.7. The number of quaternary nitrogens is 1. The molecule has 0 radical (unpaired) electrons. The molecule has 0 amide bonds. The Bertz CT molecular complexity index is 1600. The van der Waals surface area contributed by atoms with E-state index in [-0.39, 0.29) is 32.2 Å². The second-order valence-electron chi connectivity index (χ2n) is 23.7. The molecule has 1 N–H and O–H groups in total. The van der Waals surface area contributed by atoms with Crippen molar-refractivity contribution in [1.29, 1.82) is 0 Å². The van der Waals surface area contributed by atoms with E-state index >= 15 is 0 Å². The van der Waals surface area contributed by atoms with E-state index in [1.54, 1.807) is 0 Å². The first-order chi connectivity index (χ1) is 39.6. The van der Waals surface area contributed by atoms with Gasteiger partial charge in [-0.3, -0.25) is 9.59 Å². The molecule has 9 nitrogen and oxygen atoms in total. The molecule has 0 saturated heterocycles. The zero-order valence-electron chi connectivity index (χ0n) is 53.4. The Morgan fingerprint density at radius 1 is 0.383 bits per heavy atom. The molecule has 0 aromatic heterocycles. The summed E-state index contributed by atoms with van der Waals surface area (Å²) in [4.78, 5) is 37.5. The highest BCUT2D eigenvalue weighted by Gasteiger charge is 2.25. The van der Waals surface area contributed by atoms with Gasteiger partial charge in [-0.15, -0.1) is 0 Å². The molecule has 0 rings (SSSR count). The van der Waals surface area contributed by atoms with Gasteiger partial charge >= 0.3 is 17.9 Å². The molecule has 2 atom stereocenters. The number of hydrogen-bond acceptors (Lipinski definition) is 7. The number of ether oxygens (including phenoxy) is 4. The Labute approximate surface area is 500 Å². The van der Waals surface area contributed by atoms with Gasteiger partial charge in [0.05, 0.1) is 34.4 Å². The Hall–Kier alpha value is -3.53. The molecule has 0 aromatic rings. The standard InChI is InChI=1S/C72H127NO8/c1-6-8-10-12-14-16-18-20-22-24-26-28-29-30-31-32-33-34-35-36-37-38-39-40-41-43-44-46-48-50-52-54-56-58-60-62-69(74)79-66-68(67-80-72(71(76)77)78-65-64-73(3,4)5)81-70(75)63-61-59-57-55-53-51-49-47-45-42-27-25-23-21-19-17-15-13-11-9-7-2/h9,11,15,17-18,20-21,23-24,26-27,42,47,49,68,72H,6-8,10,12-14,16,19,22,25,28-41,43-46,48,50-67H2,1-5H3/p+1/b11-9-,17-15-,20-18-,23-21-,26-24-,42-27-,49-47-. The van der Waals surface area contributed by atoms with Crippen molar-refractivity contribution in [2.45, 2.75) is 309 Å². The largest absolute Gasteiger partial charge is 0.477 e. The highest BCUT2D eigenvalue weighted by molar-refractivity contribution is 5.71. The minimum Gasteiger partial charge on any atom is -0.477 e. The average molecular weight is 1140 g/mol. The van der Waals surface area contributed by atoms with Gasteiger partial charge in [-0.25, -0.2) is 4.79 Å². The Morgan fingerprint density at radius 3 is 1.05 bits per heavy atom. The summed E-state index contributed by atoms with van der Waals surface area (Å²) < 4.78 is 22.9. The number of esters is 2. The lowest BCUT2D eigenvalue weighted by Gasteiger charge is -2.25. The molecule has 2 unspecified atom stereocenters. The van der Waals surface area contributed by atoms with Crippen molar-refractivity contribution in [3.63, 3.8) is 0 Å². The predicted octanol–water partition coefficient (Wildman–Crippen LogP) is 20.7. The maximum atomic E-state index is 12.9. The fourth-order valence-electron chi connectivity index (χ4n) is 9.48. The molecule has 0 bridgehead atoms. The number of allylic oxidation sites excluding steroid dienone is 14. The SMILES string of the molecule is CC/C=C\C/C=C\C/C=C\C/C=C\C/C=C\CCCCCCCC(=O)OC(COC(=O)CCCCCCCCCCCCCCCCCCCCCCCCC/C=C\C/C=C\CCCCCCC)COC(OCC[N+](C)(C)C)C(=O)O. The molecule has 0 heterocycles. The number of aliphatic carboxylic acids is 1. The van der Waals surface area contributed by atoms with Crippen molar-refractivity contribution in [1.82, 2.24) is 0 Å². The second-order valence-corrected chi connectivity index (χ2v) is 23.7. The highest BCUT2D eigenvalue weighted by Crippen LogP contribution is 2.17. The molecule has 0 spiro atoms. The van der Waals surface area contributed by atoms with E-state index in [0.717, 1.165) is 89.9 Å². The number of nitrogens with zero attached hydrogens (tertiary/aromatic N) is 1. The Balaban J connectivity index is 4.07.